The molecule has 1 heterocycles. The standard InChI is InChI=1S/C18H18N2O4/c1-10-4-14-13(8-23-17(14)5-11(10)2)6-18(22)24-9-16(21)15(7-19)12(3)20/h4-5,8,15,20H,6,9H2,1-3H3/t15-/m1/s1. The lowest BCUT2D eigenvalue weighted by Crippen LogP contribution is -2.25. The van der Waals surface area contributed by atoms with Crippen molar-refractivity contribution in [3.05, 3.63) is 35.1 Å². The van der Waals surface area contributed by atoms with Crippen LogP contribution in [0.15, 0.2) is 22.8 Å². The van der Waals surface area contributed by atoms with E-state index in [4.69, 9.17) is 19.8 Å². The molecule has 0 fully saturated rings. The monoisotopic (exact) mass is 326 g/mol. The molecule has 1 N–H and O–H groups in total. The summed E-state index contributed by atoms with van der Waals surface area (Å²) in [5, 5.41) is 17.0. The van der Waals surface area contributed by atoms with Crippen LogP contribution >= 0.6 is 0 Å². The van der Waals surface area contributed by atoms with Crippen LogP contribution in [0.2, 0.25) is 0 Å². The summed E-state index contributed by atoms with van der Waals surface area (Å²) >= 11 is 0. The molecule has 0 saturated heterocycles. The molecular formula is C18H18N2O4. The van der Waals surface area contributed by atoms with Crippen molar-refractivity contribution in [3.8, 4) is 6.07 Å². The Balaban J connectivity index is 2.03. The average molecular weight is 326 g/mol. The number of carbonyl (C=O) groups excluding carboxylic acids is 2. The maximum atomic E-state index is 11.9. The minimum atomic E-state index is -1.17. The quantitative estimate of drug-likeness (QED) is 0.649. The zero-order valence-corrected chi connectivity index (χ0v) is 13.8. The Labute approximate surface area is 139 Å². The SMILES string of the molecule is CC(=N)[C@@H](C#N)C(=O)COC(=O)Cc1coc2cc(C)c(C)cc12. The fourth-order valence-corrected chi connectivity index (χ4v) is 2.32. The van der Waals surface area contributed by atoms with E-state index in [1.54, 1.807) is 6.07 Å². The molecule has 24 heavy (non-hydrogen) atoms. The Morgan fingerprint density at radius 3 is 2.62 bits per heavy atom. The summed E-state index contributed by atoms with van der Waals surface area (Å²) in [5.74, 6) is -2.34. The topological polar surface area (TPSA) is 104 Å². The molecule has 6 nitrogen and oxygen atoms in total. The van der Waals surface area contributed by atoms with Crippen LogP contribution in [0.25, 0.3) is 11.0 Å². The molecule has 0 radical (unpaired) electrons. The summed E-state index contributed by atoms with van der Waals surface area (Å²) in [5.41, 5.74) is 3.50. The Kier molecular flexibility index (Phi) is 5.14. The van der Waals surface area contributed by atoms with Crippen molar-refractivity contribution in [3.63, 3.8) is 0 Å². The minimum Gasteiger partial charge on any atom is -0.464 e. The van der Waals surface area contributed by atoms with Crippen LogP contribution in [0.4, 0.5) is 0 Å². The molecule has 0 aliphatic heterocycles. The number of nitrogens with zero attached hydrogens (tertiary/aromatic N) is 1. The van der Waals surface area contributed by atoms with E-state index in [0.29, 0.717) is 11.1 Å². The second-order valence-electron chi connectivity index (χ2n) is 5.74. The van der Waals surface area contributed by atoms with Crippen molar-refractivity contribution in [1.82, 2.24) is 0 Å². The number of carbonyl (C=O) groups is 2. The third kappa shape index (κ3) is 3.69. The second kappa shape index (κ2) is 7.09. The van der Waals surface area contributed by atoms with Gasteiger partial charge in [-0.15, -0.1) is 0 Å². The van der Waals surface area contributed by atoms with E-state index in [-0.39, 0.29) is 12.1 Å². The fourth-order valence-electron chi connectivity index (χ4n) is 2.32. The molecule has 0 spiro atoms. The van der Waals surface area contributed by atoms with Crippen LogP contribution in [0.1, 0.15) is 23.6 Å². The zero-order valence-electron chi connectivity index (χ0n) is 13.8. The normalized spacial score (nSPS) is 11.8. The van der Waals surface area contributed by atoms with E-state index >= 15 is 0 Å². The molecular weight excluding hydrogens is 308 g/mol. The van der Waals surface area contributed by atoms with Gasteiger partial charge in [0, 0.05) is 16.7 Å². The first-order valence-electron chi connectivity index (χ1n) is 7.43. The molecule has 0 bridgehead atoms. The molecule has 2 aromatic rings. The number of ether oxygens (including phenoxy) is 1. The number of fused-ring (bicyclic) bond motifs is 1. The van der Waals surface area contributed by atoms with Crippen LogP contribution in [0, 0.1) is 36.5 Å². The van der Waals surface area contributed by atoms with Gasteiger partial charge >= 0.3 is 5.97 Å². The summed E-state index contributed by atoms with van der Waals surface area (Å²) in [6.45, 7) is 4.81. The summed E-state index contributed by atoms with van der Waals surface area (Å²) in [6.07, 6.45) is 1.48. The number of Topliss-reactive ketones (excluding diaryl/α,β-unsaturated/α-hetero) is 1. The Morgan fingerprint density at radius 2 is 2.00 bits per heavy atom. The number of nitriles is 1. The van der Waals surface area contributed by atoms with Crippen LogP contribution in [0.5, 0.6) is 0 Å². The molecule has 0 amide bonds. The third-order valence-electron chi connectivity index (χ3n) is 3.86. The van der Waals surface area contributed by atoms with Gasteiger partial charge in [-0.3, -0.25) is 9.59 Å². The molecule has 1 aromatic heterocycles. The Bertz CT molecular complexity index is 858. The van der Waals surface area contributed by atoms with Gasteiger partial charge < -0.3 is 14.6 Å². The molecule has 0 aliphatic carbocycles. The zero-order chi connectivity index (χ0) is 17.9. The van der Waals surface area contributed by atoms with Crippen molar-refractivity contribution >= 4 is 28.4 Å². The third-order valence-corrected chi connectivity index (χ3v) is 3.86. The second-order valence-corrected chi connectivity index (χ2v) is 5.74. The van der Waals surface area contributed by atoms with E-state index in [9.17, 15) is 9.59 Å². The Morgan fingerprint density at radius 1 is 1.33 bits per heavy atom. The highest BCUT2D eigenvalue weighted by atomic mass is 16.5. The van der Waals surface area contributed by atoms with Gasteiger partial charge in [0.1, 0.15) is 11.5 Å². The van der Waals surface area contributed by atoms with Gasteiger partial charge in [-0.05, 0) is 44.0 Å². The predicted octanol–water partition coefficient (Wildman–Crippen LogP) is 2.88. The Hall–Kier alpha value is -2.94. The lowest BCUT2D eigenvalue weighted by atomic mass is 10.0. The van der Waals surface area contributed by atoms with Crippen molar-refractivity contribution in [1.29, 1.82) is 10.7 Å². The van der Waals surface area contributed by atoms with E-state index in [1.807, 2.05) is 26.0 Å². The first-order valence-corrected chi connectivity index (χ1v) is 7.43. The van der Waals surface area contributed by atoms with Gasteiger partial charge in [0.15, 0.2) is 12.4 Å². The highest BCUT2D eigenvalue weighted by Gasteiger charge is 2.22. The summed E-state index contributed by atoms with van der Waals surface area (Å²) in [4.78, 5) is 23.7. The van der Waals surface area contributed by atoms with Gasteiger partial charge in [0.05, 0.1) is 18.8 Å². The summed E-state index contributed by atoms with van der Waals surface area (Å²) in [7, 11) is 0. The number of esters is 1. The summed E-state index contributed by atoms with van der Waals surface area (Å²) < 4.78 is 10.4. The van der Waals surface area contributed by atoms with Gasteiger partial charge in [0.25, 0.3) is 0 Å². The van der Waals surface area contributed by atoms with Crippen LogP contribution in [-0.2, 0) is 20.7 Å². The van der Waals surface area contributed by atoms with Crippen molar-refractivity contribution in [2.75, 3.05) is 6.61 Å². The first-order chi connectivity index (χ1) is 11.3. The first kappa shape index (κ1) is 17.4. The molecule has 0 unspecified atom stereocenters. The number of benzene rings is 1. The van der Waals surface area contributed by atoms with E-state index in [2.05, 4.69) is 0 Å². The van der Waals surface area contributed by atoms with Gasteiger partial charge in [-0.25, -0.2) is 0 Å². The number of hydrogen-bond acceptors (Lipinski definition) is 6. The highest BCUT2D eigenvalue weighted by Crippen LogP contribution is 2.25. The maximum Gasteiger partial charge on any atom is 0.310 e. The molecule has 124 valence electrons. The minimum absolute atomic E-state index is 0.0242. The smallest absolute Gasteiger partial charge is 0.310 e. The molecule has 1 aromatic carbocycles. The molecule has 0 saturated carbocycles. The van der Waals surface area contributed by atoms with E-state index in [0.717, 1.165) is 16.5 Å². The molecule has 6 heteroatoms. The number of aryl methyl sites for hydroxylation is 2. The van der Waals surface area contributed by atoms with Crippen LogP contribution in [-0.4, -0.2) is 24.1 Å². The van der Waals surface area contributed by atoms with Gasteiger partial charge in [-0.1, -0.05) is 0 Å². The highest BCUT2D eigenvalue weighted by molar-refractivity contribution is 6.06. The number of ketones is 1. The lowest BCUT2D eigenvalue weighted by Gasteiger charge is -2.07. The van der Waals surface area contributed by atoms with Crippen molar-refractivity contribution < 1.29 is 18.7 Å². The van der Waals surface area contributed by atoms with Crippen LogP contribution in [0.3, 0.4) is 0 Å². The van der Waals surface area contributed by atoms with E-state index < -0.39 is 24.3 Å². The number of furan rings is 1. The fraction of sp³-hybridized carbons (Fsp3) is 0.333. The number of rotatable bonds is 6. The molecule has 0 aliphatic rings. The average Bonchev–Trinajstić information content (AvgIpc) is 2.88. The van der Waals surface area contributed by atoms with E-state index in [1.165, 1.54) is 13.2 Å². The maximum absolute atomic E-state index is 11.9. The van der Waals surface area contributed by atoms with Crippen molar-refractivity contribution in [2.24, 2.45) is 5.92 Å². The van der Waals surface area contributed by atoms with Crippen molar-refractivity contribution in [2.45, 2.75) is 27.2 Å². The molecule has 1 atom stereocenters. The number of nitrogens with one attached hydrogen (secondary N) is 1. The predicted molar refractivity (Wildman–Crippen MR) is 87.9 cm³/mol. The van der Waals surface area contributed by atoms with Gasteiger partial charge in [-0.2, -0.15) is 5.26 Å². The number of hydrogen-bond donors (Lipinski definition) is 1. The van der Waals surface area contributed by atoms with Crippen LogP contribution < -0.4 is 0 Å². The largest absolute Gasteiger partial charge is 0.464 e. The molecule has 2 rings (SSSR count). The summed E-state index contributed by atoms with van der Waals surface area (Å²) in [6, 6.07) is 5.59. The lowest BCUT2D eigenvalue weighted by molar-refractivity contribution is -0.147. The van der Waals surface area contributed by atoms with Gasteiger partial charge in [0.2, 0.25) is 0 Å².